The third-order valence-electron chi connectivity index (χ3n) is 5.12. The Morgan fingerprint density at radius 1 is 0.607 bits per heavy atom. The van der Waals surface area contributed by atoms with E-state index < -0.39 is 10.1 Å². The summed E-state index contributed by atoms with van der Waals surface area (Å²) in [5, 5.41) is 2.36. The molecule has 0 radical (unpaired) electrons. The highest BCUT2D eigenvalue weighted by molar-refractivity contribution is 7.86. The van der Waals surface area contributed by atoms with E-state index in [1.807, 2.05) is 24.3 Å². The van der Waals surface area contributed by atoms with Gasteiger partial charge in [0.25, 0.3) is 10.1 Å². The second-order valence-electron chi connectivity index (χ2n) is 6.75. The van der Waals surface area contributed by atoms with Crippen molar-refractivity contribution in [2.45, 2.75) is 4.90 Å². The van der Waals surface area contributed by atoms with E-state index in [1.165, 1.54) is 24.3 Å². The molecule has 0 atom stereocenters. The van der Waals surface area contributed by atoms with Crippen LogP contribution in [0.1, 0.15) is 31.8 Å². The first-order chi connectivity index (χ1) is 13.3. The molecule has 28 heavy (non-hydrogen) atoms. The second kappa shape index (κ2) is 5.58. The monoisotopic (exact) mass is 388 g/mol. The minimum absolute atomic E-state index is 0.136. The van der Waals surface area contributed by atoms with Gasteiger partial charge in [0.15, 0.2) is 11.6 Å². The van der Waals surface area contributed by atoms with Gasteiger partial charge in [-0.05, 0) is 46.5 Å². The van der Waals surface area contributed by atoms with E-state index in [0.717, 1.165) is 10.8 Å². The molecule has 136 valence electrons. The smallest absolute Gasteiger partial charge is 0.289 e. The predicted octanol–water partition coefficient (Wildman–Crippen LogP) is 4.02. The molecule has 0 saturated heterocycles. The maximum Gasteiger partial charge on any atom is 0.295 e. The summed E-state index contributed by atoms with van der Waals surface area (Å²) in [5.41, 5.74) is 0.991. The van der Waals surface area contributed by atoms with Crippen LogP contribution in [0, 0.1) is 0 Å². The number of ketones is 2. The first-order valence-corrected chi connectivity index (χ1v) is 9.95. The van der Waals surface area contributed by atoms with Gasteiger partial charge < -0.3 is 0 Å². The van der Waals surface area contributed by atoms with Gasteiger partial charge in [0, 0.05) is 27.6 Å². The van der Waals surface area contributed by atoms with Crippen molar-refractivity contribution in [3.8, 4) is 0 Å². The second-order valence-corrected chi connectivity index (χ2v) is 8.14. The third-order valence-corrected chi connectivity index (χ3v) is 6.03. The fraction of sp³-hybridized carbons (Fsp3) is 0. The summed E-state index contributed by atoms with van der Waals surface area (Å²) in [6.45, 7) is 0. The lowest BCUT2D eigenvalue weighted by Gasteiger charge is -2.19. The van der Waals surface area contributed by atoms with E-state index in [1.54, 1.807) is 18.2 Å². The van der Waals surface area contributed by atoms with Crippen LogP contribution in [0.4, 0.5) is 0 Å². The third kappa shape index (κ3) is 2.32. The standard InChI is InChI=1S/C22H12O5S/c23-21-16-8-12-4-1-2-5-13(12)9-17(16)22(24)19-11-15-14(10-18(19)21)6-3-7-20(15)28(25,26)27/h1-11H,(H,25,26,27). The lowest BCUT2D eigenvalue weighted by Crippen LogP contribution is -2.21. The van der Waals surface area contributed by atoms with Crippen molar-refractivity contribution in [1.82, 2.24) is 0 Å². The molecule has 0 fully saturated rings. The van der Waals surface area contributed by atoms with Crippen LogP contribution in [-0.2, 0) is 10.1 Å². The molecule has 0 bridgehead atoms. The number of fused-ring (bicyclic) bond motifs is 4. The van der Waals surface area contributed by atoms with E-state index in [-0.39, 0.29) is 33.0 Å². The van der Waals surface area contributed by atoms with Gasteiger partial charge >= 0.3 is 0 Å². The molecule has 4 aromatic rings. The molecule has 0 unspecified atom stereocenters. The Morgan fingerprint density at radius 2 is 1.07 bits per heavy atom. The molecule has 0 saturated carbocycles. The zero-order valence-corrected chi connectivity index (χ0v) is 15.2. The van der Waals surface area contributed by atoms with Crippen LogP contribution < -0.4 is 0 Å². The topological polar surface area (TPSA) is 88.5 Å². The van der Waals surface area contributed by atoms with Crippen molar-refractivity contribution in [2.24, 2.45) is 0 Å². The van der Waals surface area contributed by atoms with Gasteiger partial charge in [-0.2, -0.15) is 8.42 Å². The maximum absolute atomic E-state index is 13.1. The highest BCUT2D eigenvalue weighted by atomic mass is 32.2. The molecule has 0 heterocycles. The van der Waals surface area contributed by atoms with Crippen LogP contribution in [0.2, 0.25) is 0 Å². The number of benzene rings is 4. The largest absolute Gasteiger partial charge is 0.295 e. The van der Waals surface area contributed by atoms with E-state index >= 15 is 0 Å². The molecule has 1 N–H and O–H groups in total. The molecule has 0 aliphatic heterocycles. The van der Waals surface area contributed by atoms with Crippen LogP contribution in [0.15, 0.2) is 71.6 Å². The van der Waals surface area contributed by atoms with Crippen molar-refractivity contribution >= 4 is 43.2 Å². The van der Waals surface area contributed by atoms with Gasteiger partial charge in [-0.15, -0.1) is 0 Å². The van der Waals surface area contributed by atoms with E-state index in [0.29, 0.717) is 16.5 Å². The summed E-state index contributed by atoms with van der Waals surface area (Å²) >= 11 is 0. The summed E-state index contributed by atoms with van der Waals surface area (Å²) in [6, 6.07) is 18.1. The van der Waals surface area contributed by atoms with Gasteiger partial charge in [-0.1, -0.05) is 36.4 Å². The summed E-state index contributed by atoms with van der Waals surface area (Å²) in [5.74, 6) is -0.628. The molecule has 0 spiro atoms. The van der Waals surface area contributed by atoms with Crippen molar-refractivity contribution in [2.75, 3.05) is 0 Å². The SMILES string of the molecule is O=C1c2cc3ccccc3cc2C(=O)c2cc3c(S(=O)(=O)O)cccc3cc21. The van der Waals surface area contributed by atoms with Crippen LogP contribution in [0.5, 0.6) is 0 Å². The highest BCUT2D eigenvalue weighted by Crippen LogP contribution is 2.34. The Kier molecular flexibility index (Phi) is 3.34. The van der Waals surface area contributed by atoms with Crippen molar-refractivity contribution in [3.05, 3.63) is 89.0 Å². The Morgan fingerprint density at radius 3 is 1.61 bits per heavy atom. The van der Waals surface area contributed by atoms with Gasteiger partial charge in [-0.25, -0.2) is 0 Å². The lowest BCUT2D eigenvalue weighted by atomic mass is 9.81. The zero-order chi connectivity index (χ0) is 19.6. The van der Waals surface area contributed by atoms with E-state index in [9.17, 15) is 22.6 Å². The zero-order valence-electron chi connectivity index (χ0n) is 14.3. The van der Waals surface area contributed by atoms with Gasteiger partial charge in [0.05, 0.1) is 0 Å². The lowest BCUT2D eigenvalue weighted by molar-refractivity contribution is 0.0979. The van der Waals surface area contributed by atoms with E-state index in [2.05, 4.69) is 0 Å². The Balaban J connectivity index is 1.84. The number of carbonyl (C=O) groups excluding carboxylic acids is 2. The van der Waals surface area contributed by atoms with Crippen LogP contribution in [0.3, 0.4) is 0 Å². The Hall–Kier alpha value is -3.35. The predicted molar refractivity (Wildman–Crippen MR) is 105 cm³/mol. The molecule has 0 aromatic heterocycles. The van der Waals surface area contributed by atoms with Gasteiger partial charge in [0.2, 0.25) is 0 Å². The fourth-order valence-corrected chi connectivity index (χ4v) is 4.51. The normalized spacial score (nSPS) is 13.6. The summed E-state index contributed by atoms with van der Waals surface area (Å²) in [6.07, 6.45) is 0. The summed E-state index contributed by atoms with van der Waals surface area (Å²) in [7, 11) is -4.47. The molecule has 5 rings (SSSR count). The quantitative estimate of drug-likeness (QED) is 0.438. The van der Waals surface area contributed by atoms with Gasteiger partial charge in [-0.3, -0.25) is 14.1 Å². The molecule has 1 aliphatic rings. The Labute approximate surface area is 160 Å². The summed E-state index contributed by atoms with van der Waals surface area (Å²) < 4.78 is 32.9. The number of hydrogen-bond donors (Lipinski definition) is 1. The molecule has 0 amide bonds. The average molecular weight is 388 g/mol. The van der Waals surface area contributed by atoms with Crippen molar-refractivity contribution in [3.63, 3.8) is 0 Å². The average Bonchev–Trinajstić information content (AvgIpc) is 2.68. The number of carbonyl (C=O) groups is 2. The van der Waals surface area contributed by atoms with Crippen LogP contribution in [-0.4, -0.2) is 24.5 Å². The number of rotatable bonds is 1. The fourth-order valence-electron chi connectivity index (χ4n) is 3.80. The number of hydrogen-bond acceptors (Lipinski definition) is 4. The molecule has 6 heteroatoms. The summed E-state index contributed by atoms with van der Waals surface area (Å²) in [4.78, 5) is 25.9. The first kappa shape index (κ1) is 16.8. The maximum atomic E-state index is 13.1. The first-order valence-electron chi connectivity index (χ1n) is 8.51. The molecular formula is C22H12O5S. The highest BCUT2D eigenvalue weighted by Gasteiger charge is 2.31. The van der Waals surface area contributed by atoms with Gasteiger partial charge in [0.1, 0.15) is 4.90 Å². The Bertz CT molecular complexity index is 1470. The van der Waals surface area contributed by atoms with Crippen LogP contribution >= 0.6 is 0 Å². The molecular weight excluding hydrogens is 376 g/mol. The van der Waals surface area contributed by atoms with Crippen molar-refractivity contribution < 1.29 is 22.6 Å². The molecule has 4 aromatic carbocycles. The van der Waals surface area contributed by atoms with E-state index in [4.69, 9.17) is 0 Å². The van der Waals surface area contributed by atoms with Crippen LogP contribution in [0.25, 0.3) is 21.5 Å². The van der Waals surface area contributed by atoms with Crippen molar-refractivity contribution in [1.29, 1.82) is 0 Å². The minimum atomic E-state index is -4.47. The molecule has 5 nitrogen and oxygen atoms in total. The molecule has 1 aliphatic carbocycles. The minimum Gasteiger partial charge on any atom is -0.289 e.